The van der Waals surface area contributed by atoms with Gasteiger partial charge in [-0.15, -0.1) is 0 Å². The predicted octanol–water partition coefficient (Wildman–Crippen LogP) is 1.17. The molecule has 0 aliphatic carbocycles. The Hall–Kier alpha value is -1.10. The van der Waals surface area contributed by atoms with Crippen LogP contribution in [0.3, 0.4) is 0 Å². The van der Waals surface area contributed by atoms with Crippen molar-refractivity contribution in [3.63, 3.8) is 0 Å². The molecule has 0 aromatic rings. The Morgan fingerprint density at radius 1 is 1.11 bits per heavy atom. The summed E-state index contributed by atoms with van der Waals surface area (Å²) in [6.07, 6.45) is 2.93. The van der Waals surface area contributed by atoms with Gasteiger partial charge in [-0.25, -0.2) is 0 Å². The summed E-state index contributed by atoms with van der Waals surface area (Å²) in [7, 11) is 0. The monoisotopic (exact) mass is 271 g/mol. The molecule has 0 saturated heterocycles. The molecular weight excluding hydrogens is 242 g/mol. The number of hydrogen-bond acceptors (Lipinski definition) is 3. The van der Waals surface area contributed by atoms with Gasteiger partial charge in [-0.3, -0.25) is 9.59 Å². The van der Waals surface area contributed by atoms with Gasteiger partial charge in [-0.1, -0.05) is 27.7 Å². The van der Waals surface area contributed by atoms with E-state index in [1.54, 1.807) is 0 Å². The van der Waals surface area contributed by atoms with Gasteiger partial charge < -0.3 is 16.4 Å². The summed E-state index contributed by atoms with van der Waals surface area (Å²) >= 11 is 0. The van der Waals surface area contributed by atoms with E-state index in [1.807, 2.05) is 13.8 Å². The van der Waals surface area contributed by atoms with Crippen LogP contribution in [0, 0.1) is 5.92 Å². The van der Waals surface area contributed by atoms with Crippen molar-refractivity contribution < 1.29 is 9.59 Å². The van der Waals surface area contributed by atoms with Gasteiger partial charge >= 0.3 is 0 Å². The molecule has 0 aromatic carbocycles. The van der Waals surface area contributed by atoms with Crippen LogP contribution in [0.2, 0.25) is 0 Å². The first-order chi connectivity index (χ1) is 8.83. The van der Waals surface area contributed by atoms with E-state index >= 15 is 0 Å². The molecule has 0 aliphatic rings. The number of rotatable bonds is 9. The maximum Gasteiger partial charge on any atom is 0.239 e. The first-order valence-electron chi connectivity index (χ1n) is 7.15. The van der Waals surface area contributed by atoms with Crippen molar-refractivity contribution in [3.05, 3.63) is 0 Å². The van der Waals surface area contributed by atoms with E-state index < -0.39 is 0 Å². The lowest BCUT2D eigenvalue weighted by atomic mass is 9.94. The Bertz CT molecular complexity index is 286. The Balaban J connectivity index is 3.84. The molecule has 0 unspecified atom stereocenters. The second-order valence-corrected chi connectivity index (χ2v) is 5.56. The highest BCUT2D eigenvalue weighted by atomic mass is 16.2. The van der Waals surface area contributed by atoms with Gasteiger partial charge in [0, 0.05) is 18.5 Å². The first kappa shape index (κ1) is 17.9. The number of carbonyl (C=O) groups is 2. The normalized spacial score (nSPS) is 11.5. The van der Waals surface area contributed by atoms with E-state index in [-0.39, 0.29) is 23.9 Å². The lowest BCUT2D eigenvalue weighted by Gasteiger charge is -2.26. The summed E-state index contributed by atoms with van der Waals surface area (Å²) in [5, 5.41) is 5.38. The van der Waals surface area contributed by atoms with Crippen molar-refractivity contribution in [1.82, 2.24) is 10.6 Å². The number of amides is 2. The largest absolute Gasteiger partial charge is 0.353 e. The lowest BCUT2D eigenvalue weighted by Crippen LogP contribution is -2.50. The summed E-state index contributed by atoms with van der Waals surface area (Å²) in [5.74, 6) is 0.231. The Kier molecular flexibility index (Phi) is 8.39. The van der Waals surface area contributed by atoms with Crippen LogP contribution in [0.5, 0.6) is 0 Å². The topological polar surface area (TPSA) is 84.2 Å². The van der Waals surface area contributed by atoms with Crippen LogP contribution in [0.4, 0.5) is 0 Å². The van der Waals surface area contributed by atoms with E-state index in [1.165, 1.54) is 0 Å². The zero-order chi connectivity index (χ0) is 14.9. The molecule has 0 spiro atoms. The summed E-state index contributed by atoms with van der Waals surface area (Å²) < 4.78 is 0. The molecule has 19 heavy (non-hydrogen) atoms. The standard InChI is InChI=1S/C14H29N3O2/c1-5-14(15,6-2)10-17-13(19)9-16-12(18)8-7-11(3)4/h11H,5-10,15H2,1-4H3,(H,16,18)(H,17,19). The van der Waals surface area contributed by atoms with Gasteiger partial charge in [0.1, 0.15) is 0 Å². The van der Waals surface area contributed by atoms with Crippen LogP contribution in [-0.2, 0) is 9.59 Å². The van der Waals surface area contributed by atoms with Crippen molar-refractivity contribution in [1.29, 1.82) is 0 Å². The molecule has 0 atom stereocenters. The van der Waals surface area contributed by atoms with E-state index in [9.17, 15) is 9.59 Å². The van der Waals surface area contributed by atoms with Crippen molar-refractivity contribution in [2.24, 2.45) is 11.7 Å². The molecule has 0 saturated carbocycles. The SMILES string of the molecule is CCC(N)(CC)CNC(=O)CNC(=O)CCC(C)C. The molecule has 0 aromatic heterocycles. The zero-order valence-electron chi connectivity index (χ0n) is 12.7. The molecule has 0 radical (unpaired) electrons. The van der Waals surface area contributed by atoms with Crippen LogP contribution in [0.15, 0.2) is 0 Å². The molecule has 0 heterocycles. The van der Waals surface area contributed by atoms with Crippen molar-refractivity contribution in [2.45, 2.75) is 58.9 Å². The van der Waals surface area contributed by atoms with E-state index in [0.717, 1.165) is 19.3 Å². The molecule has 4 N–H and O–H groups in total. The van der Waals surface area contributed by atoms with E-state index in [0.29, 0.717) is 18.9 Å². The van der Waals surface area contributed by atoms with Crippen LogP contribution in [0.1, 0.15) is 53.4 Å². The summed E-state index contributed by atoms with van der Waals surface area (Å²) in [6, 6.07) is 0. The third-order valence-corrected chi connectivity index (χ3v) is 3.44. The van der Waals surface area contributed by atoms with Crippen molar-refractivity contribution >= 4 is 11.8 Å². The maximum absolute atomic E-state index is 11.6. The van der Waals surface area contributed by atoms with Crippen LogP contribution in [-0.4, -0.2) is 30.4 Å². The number of nitrogens with one attached hydrogen (secondary N) is 2. The van der Waals surface area contributed by atoms with Crippen LogP contribution >= 0.6 is 0 Å². The number of nitrogens with two attached hydrogens (primary N) is 1. The third-order valence-electron chi connectivity index (χ3n) is 3.44. The molecule has 0 rings (SSSR count). The van der Waals surface area contributed by atoms with Crippen LogP contribution in [0.25, 0.3) is 0 Å². The second-order valence-electron chi connectivity index (χ2n) is 5.56. The van der Waals surface area contributed by atoms with Crippen molar-refractivity contribution in [3.8, 4) is 0 Å². The van der Waals surface area contributed by atoms with E-state index in [2.05, 4.69) is 24.5 Å². The van der Waals surface area contributed by atoms with Gasteiger partial charge in [0.25, 0.3) is 0 Å². The molecule has 5 heteroatoms. The maximum atomic E-state index is 11.6. The molecule has 2 amide bonds. The van der Waals surface area contributed by atoms with Crippen LogP contribution < -0.4 is 16.4 Å². The molecule has 5 nitrogen and oxygen atoms in total. The Morgan fingerprint density at radius 3 is 2.16 bits per heavy atom. The highest BCUT2D eigenvalue weighted by Gasteiger charge is 2.20. The fourth-order valence-corrected chi connectivity index (χ4v) is 1.52. The highest BCUT2D eigenvalue weighted by molar-refractivity contribution is 5.84. The Labute approximate surface area is 116 Å². The molecule has 0 aliphatic heterocycles. The van der Waals surface area contributed by atoms with Gasteiger partial charge in [0.15, 0.2) is 0 Å². The fraction of sp³-hybridized carbons (Fsp3) is 0.857. The van der Waals surface area contributed by atoms with Crippen molar-refractivity contribution in [2.75, 3.05) is 13.1 Å². The molecule has 112 valence electrons. The molecule has 0 fully saturated rings. The fourth-order valence-electron chi connectivity index (χ4n) is 1.52. The average molecular weight is 271 g/mol. The minimum atomic E-state index is -0.350. The number of hydrogen-bond donors (Lipinski definition) is 3. The first-order valence-corrected chi connectivity index (χ1v) is 7.15. The highest BCUT2D eigenvalue weighted by Crippen LogP contribution is 2.09. The second kappa shape index (κ2) is 8.91. The van der Waals surface area contributed by atoms with Gasteiger partial charge in [0.05, 0.1) is 6.54 Å². The number of carbonyl (C=O) groups excluding carboxylic acids is 2. The zero-order valence-corrected chi connectivity index (χ0v) is 12.7. The van der Waals surface area contributed by atoms with E-state index in [4.69, 9.17) is 5.73 Å². The summed E-state index contributed by atoms with van der Waals surface area (Å²) in [6.45, 7) is 8.61. The predicted molar refractivity (Wildman–Crippen MR) is 77.6 cm³/mol. The smallest absolute Gasteiger partial charge is 0.239 e. The van der Waals surface area contributed by atoms with Gasteiger partial charge in [0.2, 0.25) is 11.8 Å². The minimum absolute atomic E-state index is 0.0282. The summed E-state index contributed by atoms with van der Waals surface area (Å²) in [4.78, 5) is 23.0. The molecule has 0 bridgehead atoms. The van der Waals surface area contributed by atoms with Gasteiger partial charge in [-0.05, 0) is 25.2 Å². The molecular formula is C14H29N3O2. The third kappa shape index (κ3) is 8.59. The van der Waals surface area contributed by atoms with Gasteiger partial charge in [-0.2, -0.15) is 0 Å². The quantitative estimate of drug-likeness (QED) is 0.588. The minimum Gasteiger partial charge on any atom is -0.353 e. The average Bonchev–Trinajstić information content (AvgIpc) is 2.40. The summed E-state index contributed by atoms with van der Waals surface area (Å²) in [5.41, 5.74) is 5.73. The lowest BCUT2D eigenvalue weighted by molar-refractivity contribution is -0.126. The Morgan fingerprint density at radius 2 is 1.68 bits per heavy atom.